The molecule has 1 N–H and O–H groups in total. The molecule has 0 bridgehead atoms. The lowest BCUT2D eigenvalue weighted by Gasteiger charge is -2.32. The zero-order chi connectivity index (χ0) is 17.2. The van der Waals surface area contributed by atoms with Crippen molar-refractivity contribution in [3.63, 3.8) is 0 Å². The summed E-state index contributed by atoms with van der Waals surface area (Å²) in [5.74, 6) is 2.13. The Morgan fingerprint density at radius 1 is 1.20 bits per heavy atom. The largest absolute Gasteiger partial charge is 0.454 e. The number of fused-ring (bicyclic) bond motifs is 1. The van der Waals surface area contributed by atoms with Crippen LogP contribution in [0.5, 0.6) is 11.5 Å². The first-order chi connectivity index (χ1) is 12.2. The van der Waals surface area contributed by atoms with Gasteiger partial charge in [-0.05, 0) is 44.0 Å². The molecule has 3 heterocycles. The number of benzene rings is 1. The van der Waals surface area contributed by atoms with Crippen LogP contribution in [0.3, 0.4) is 0 Å². The van der Waals surface area contributed by atoms with Crippen LogP contribution in [0.25, 0.3) is 0 Å². The van der Waals surface area contributed by atoms with Crippen LogP contribution in [0.4, 0.5) is 11.5 Å². The van der Waals surface area contributed by atoms with Crippen molar-refractivity contribution in [1.82, 2.24) is 10.2 Å². The summed E-state index contributed by atoms with van der Waals surface area (Å²) in [6.07, 6.45) is 1.82. The van der Waals surface area contributed by atoms with Crippen LogP contribution in [0, 0.1) is 12.8 Å². The second-order valence-electron chi connectivity index (χ2n) is 6.38. The highest BCUT2D eigenvalue weighted by molar-refractivity contribution is 5.93. The summed E-state index contributed by atoms with van der Waals surface area (Å²) in [4.78, 5) is 14.8. The molecule has 1 saturated heterocycles. The normalized spacial score (nSPS) is 18.9. The summed E-state index contributed by atoms with van der Waals surface area (Å²) in [7, 11) is 0. The maximum atomic E-state index is 12.7. The molecule has 0 saturated carbocycles. The van der Waals surface area contributed by atoms with Gasteiger partial charge in [-0.1, -0.05) is 0 Å². The zero-order valence-corrected chi connectivity index (χ0v) is 14.1. The molecule has 130 valence electrons. The highest BCUT2D eigenvalue weighted by atomic mass is 16.7. The van der Waals surface area contributed by atoms with E-state index in [4.69, 9.17) is 9.47 Å². The lowest BCUT2D eigenvalue weighted by Crippen LogP contribution is -2.41. The summed E-state index contributed by atoms with van der Waals surface area (Å²) in [5, 5.41) is 11.3. The maximum Gasteiger partial charge on any atom is 0.231 e. The maximum absolute atomic E-state index is 12.7. The van der Waals surface area contributed by atoms with Crippen molar-refractivity contribution >= 4 is 17.4 Å². The van der Waals surface area contributed by atoms with Gasteiger partial charge in [0.25, 0.3) is 0 Å². The molecule has 7 nitrogen and oxygen atoms in total. The molecule has 4 rings (SSSR count). The van der Waals surface area contributed by atoms with Crippen molar-refractivity contribution in [1.29, 1.82) is 0 Å². The molecular formula is C18H20N4O3. The summed E-state index contributed by atoms with van der Waals surface area (Å²) in [5.41, 5.74) is 1.61. The number of amides is 1. The number of carbonyl (C=O) groups excluding carboxylic acids is 1. The van der Waals surface area contributed by atoms with E-state index in [2.05, 4.69) is 20.4 Å². The molecule has 1 fully saturated rings. The van der Waals surface area contributed by atoms with Gasteiger partial charge < -0.3 is 19.7 Å². The van der Waals surface area contributed by atoms with E-state index >= 15 is 0 Å². The third-order valence-corrected chi connectivity index (χ3v) is 4.54. The number of hydrogen-bond acceptors (Lipinski definition) is 6. The Labute approximate surface area is 146 Å². The molecule has 2 aliphatic heterocycles. The van der Waals surface area contributed by atoms with E-state index in [9.17, 15) is 4.79 Å². The van der Waals surface area contributed by atoms with Crippen LogP contribution in [0.15, 0.2) is 30.3 Å². The van der Waals surface area contributed by atoms with Crippen molar-refractivity contribution in [2.24, 2.45) is 5.92 Å². The monoisotopic (exact) mass is 340 g/mol. The number of carbonyl (C=O) groups is 1. The summed E-state index contributed by atoms with van der Waals surface area (Å²) in [6, 6.07) is 9.34. The molecule has 0 spiro atoms. The molecule has 1 amide bonds. The van der Waals surface area contributed by atoms with Crippen molar-refractivity contribution in [3.8, 4) is 11.5 Å². The molecule has 1 unspecified atom stereocenters. The van der Waals surface area contributed by atoms with Crippen molar-refractivity contribution in [3.05, 3.63) is 36.0 Å². The van der Waals surface area contributed by atoms with Crippen molar-refractivity contribution < 1.29 is 14.3 Å². The third-order valence-electron chi connectivity index (χ3n) is 4.54. The van der Waals surface area contributed by atoms with Crippen LogP contribution >= 0.6 is 0 Å². The molecule has 0 aliphatic carbocycles. The van der Waals surface area contributed by atoms with Crippen molar-refractivity contribution in [2.75, 3.05) is 30.1 Å². The summed E-state index contributed by atoms with van der Waals surface area (Å²) >= 11 is 0. The third kappa shape index (κ3) is 3.35. The Balaban J connectivity index is 1.42. The topological polar surface area (TPSA) is 76.6 Å². The van der Waals surface area contributed by atoms with Gasteiger partial charge in [-0.2, -0.15) is 5.10 Å². The molecule has 0 radical (unpaired) electrons. The van der Waals surface area contributed by atoms with Gasteiger partial charge in [0, 0.05) is 24.8 Å². The van der Waals surface area contributed by atoms with Crippen LogP contribution in [-0.4, -0.2) is 36.0 Å². The van der Waals surface area contributed by atoms with Crippen molar-refractivity contribution in [2.45, 2.75) is 19.8 Å². The van der Waals surface area contributed by atoms with Gasteiger partial charge in [-0.15, -0.1) is 5.10 Å². The van der Waals surface area contributed by atoms with Gasteiger partial charge in [0.05, 0.1) is 11.6 Å². The first-order valence-corrected chi connectivity index (χ1v) is 8.45. The summed E-state index contributed by atoms with van der Waals surface area (Å²) < 4.78 is 10.6. The Morgan fingerprint density at radius 2 is 2.08 bits per heavy atom. The predicted molar refractivity (Wildman–Crippen MR) is 92.9 cm³/mol. The minimum Gasteiger partial charge on any atom is -0.454 e. The quantitative estimate of drug-likeness (QED) is 0.924. The lowest BCUT2D eigenvalue weighted by atomic mass is 9.97. The average molecular weight is 340 g/mol. The van der Waals surface area contributed by atoms with E-state index in [0.717, 1.165) is 36.6 Å². The molecule has 2 aromatic rings. The minimum absolute atomic E-state index is 0.0173. The number of rotatable bonds is 3. The number of hydrogen-bond donors (Lipinski definition) is 1. The fraction of sp³-hybridized carbons (Fsp3) is 0.389. The number of nitrogens with zero attached hydrogens (tertiary/aromatic N) is 3. The Kier molecular flexibility index (Phi) is 4.13. The van der Waals surface area contributed by atoms with E-state index < -0.39 is 0 Å². The number of ether oxygens (including phenoxy) is 2. The first-order valence-electron chi connectivity index (χ1n) is 8.45. The molecule has 1 aromatic carbocycles. The molecule has 1 aromatic heterocycles. The van der Waals surface area contributed by atoms with Gasteiger partial charge in [-0.3, -0.25) is 4.79 Å². The average Bonchev–Trinajstić information content (AvgIpc) is 3.10. The number of aromatic nitrogens is 2. The highest BCUT2D eigenvalue weighted by Crippen LogP contribution is 2.34. The Morgan fingerprint density at radius 3 is 2.92 bits per heavy atom. The number of piperidine rings is 1. The second kappa shape index (κ2) is 6.58. The highest BCUT2D eigenvalue weighted by Gasteiger charge is 2.27. The summed E-state index contributed by atoms with van der Waals surface area (Å²) in [6.45, 7) is 3.68. The number of anilines is 2. The first kappa shape index (κ1) is 15.7. The van der Waals surface area contributed by atoms with Gasteiger partial charge >= 0.3 is 0 Å². The SMILES string of the molecule is Cc1ccc(N2CCCC(C(=O)Nc3ccc4c(c3)OCO4)C2)nn1. The molecular weight excluding hydrogens is 320 g/mol. The van der Waals surface area contributed by atoms with Crippen LogP contribution in [-0.2, 0) is 4.79 Å². The fourth-order valence-electron chi connectivity index (χ4n) is 3.18. The molecule has 7 heteroatoms. The Hall–Kier alpha value is -2.83. The Bertz CT molecular complexity index is 778. The number of nitrogens with one attached hydrogen (secondary N) is 1. The van der Waals surface area contributed by atoms with E-state index in [1.807, 2.05) is 31.2 Å². The van der Waals surface area contributed by atoms with Crippen LogP contribution < -0.4 is 19.7 Å². The zero-order valence-electron chi connectivity index (χ0n) is 14.1. The standard InChI is InChI=1S/C18H20N4O3/c1-12-4-7-17(21-20-12)22-8-2-3-13(10-22)18(23)19-14-5-6-15-16(9-14)25-11-24-15/h4-7,9,13H,2-3,8,10-11H2,1H3,(H,19,23). The predicted octanol–water partition coefficient (Wildman–Crippen LogP) is 2.37. The van der Waals surface area contributed by atoms with E-state index in [0.29, 0.717) is 18.0 Å². The van der Waals surface area contributed by atoms with Gasteiger partial charge in [0.1, 0.15) is 0 Å². The second-order valence-corrected chi connectivity index (χ2v) is 6.38. The van der Waals surface area contributed by atoms with Gasteiger partial charge in [-0.25, -0.2) is 0 Å². The fourth-order valence-corrected chi connectivity index (χ4v) is 3.18. The van der Waals surface area contributed by atoms with Crippen LogP contribution in [0.2, 0.25) is 0 Å². The molecule has 1 atom stereocenters. The van der Waals surface area contributed by atoms with Gasteiger partial charge in [0.15, 0.2) is 17.3 Å². The minimum atomic E-state index is -0.0812. The van der Waals surface area contributed by atoms with E-state index in [1.165, 1.54) is 0 Å². The number of aryl methyl sites for hydroxylation is 1. The van der Waals surface area contributed by atoms with Gasteiger partial charge in [0.2, 0.25) is 12.7 Å². The molecule has 25 heavy (non-hydrogen) atoms. The lowest BCUT2D eigenvalue weighted by molar-refractivity contribution is -0.120. The molecule has 2 aliphatic rings. The van der Waals surface area contributed by atoms with E-state index in [1.54, 1.807) is 6.07 Å². The van der Waals surface area contributed by atoms with E-state index in [-0.39, 0.29) is 18.6 Å². The smallest absolute Gasteiger partial charge is 0.231 e. The van der Waals surface area contributed by atoms with Crippen LogP contribution in [0.1, 0.15) is 18.5 Å².